The summed E-state index contributed by atoms with van der Waals surface area (Å²) in [6.07, 6.45) is 7.45. The summed E-state index contributed by atoms with van der Waals surface area (Å²) < 4.78 is 5.43. The smallest absolute Gasteiger partial charge is 0.303 e. The predicted molar refractivity (Wildman–Crippen MR) is 75.6 cm³/mol. The average Bonchev–Trinajstić information content (AvgIpc) is 2.92. The minimum absolute atomic E-state index is 0.0506. The maximum Gasteiger partial charge on any atom is 0.303 e. The summed E-state index contributed by atoms with van der Waals surface area (Å²) in [7, 11) is 0. The number of aldehydes is 1. The summed E-state index contributed by atoms with van der Waals surface area (Å²) in [5.74, 6) is -0.575. The first-order valence-electron chi connectivity index (χ1n) is 7.86. The van der Waals surface area contributed by atoms with E-state index in [0.29, 0.717) is 12.3 Å². The van der Waals surface area contributed by atoms with E-state index in [1.165, 1.54) is 6.92 Å². The summed E-state index contributed by atoms with van der Waals surface area (Å²) in [6.45, 7) is 1.42. The van der Waals surface area contributed by atoms with Crippen LogP contribution in [0.5, 0.6) is 0 Å². The molecule has 2 fully saturated rings. The van der Waals surface area contributed by atoms with Crippen LogP contribution in [-0.4, -0.2) is 29.4 Å². The van der Waals surface area contributed by atoms with Crippen molar-refractivity contribution < 1.29 is 24.2 Å². The van der Waals surface area contributed by atoms with Gasteiger partial charge in [0, 0.05) is 24.7 Å². The number of carbonyl (C=O) groups excluding carboxylic acids is 2. The summed E-state index contributed by atoms with van der Waals surface area (Å²) in [4.78, 5) is 32.9. The average molecular weight is 296 g/mol. The fourth-order valence-electron chi connectivity index (χ4n) is 4.24. The fraction of sp³-hybridized carbons (Fsp3) is 0.812. The maximum absolute atomic E-state index is 11.2. The van der Waals surface area contributed by atoms with Crippen LogP contribution in [0.4, 0.5) is 0 Å². The number of carbonyl (C=O) groups is 3. The Balaban J connectivity index is 1.79. The van der Waals surface area contributed by atoms with E-state index in [4.69, 9.17) is 9.84 Å². The molecule has 0 bridgehead atoms. The van der Waals surface area contributed by atoms with Gasteiger partial charge in [0.05, 0.1) is 0 Å². The van der Waals surface area contributed by atoms with Crippen LogP contribution in [0, 0.1) is 17.3 Å². The van der Waals surface area contributed by atoms with Crippen LogP contribution in [0.2, 0.25) is 0 Å². The molecule has 0 aliphatic heterocycles. The Hall–Kier alpha value is -1.39. The van der Waals surface area contributed by atoms with E-state index in [-0.39, 0.29) is 29.8 Å². The second kappa shape index (κ2) is 6.58. The van der Waals surface area contributed by atoms with E-state index in [2.05, 4.69) is 0 Å². The van der Waals surface area contributed by atoms with Crippen molar-refractivity contribution in [3.8, 4) is 0 Å². The van der Waals surface area contributed by atoms with Gasteiger partial charge in [0.25, 0.3) is 0 Å². The molecule has 0 unspecified atom stereocenters. The number of hydrogen-bond donors (Lipinski definition) is 1. The molecule has 2 aliphatic rings. The minimum atomic E-state index is -0.748. The third-order valence-corrected chi connectivity index (χ3v) is 5.18. The van der Waals surface area contributed by atoms with Crippen LogP contribution in [0.3, 0.4) is 0 Å². The lowest BCUT2D eigenvalue weighted by Gasteiger charge is -2.24. The molecule has 0 saturated heterocycles. The molecule has 0 aromatic heterocycles. The molecule has 2 aliphatic carbocycles. The zero-order valence-corrected chi connectivity index (χ0v) is 12.5. The zero-order valence-electron chi connectivity index (χ0n) is 12.5. The van der Waals surface area contributed by atoms with Crippen molar-refractivity contribution in [2.75, 3.05) is 0 Å². The molecule has 2 rings (SSSR count). The van der Waals surface area contributed by atoms with Crippen LogP contribution in [-0.2, 0) is 19.1 Å². The molecular formula is C16H24O5. The van der Waals surface area contributed by atoms with Gasteiger partial charge in [0.1, 0.15) is 12.4 Å². The van der Waals surface area contributed by atoms with E-state index in [9.17, 15) is 14.4 Å². The standard InChI is InChI=1S/C16H24O5/c1-11(18)21-14-8-7-12-13(10-17)16(12,14)9-5-3-2-4-6-15(19)20/h10,12-14H,2-9H2,1H3,(H,19,20)/t12-,13+,14-,16-/m1/s1. The van der Waals surface area contributed by atoms with Crippen LogP contribution in [0.25, 0.3) is 0 Å². The first-order valence-corrected chi connectivity index (χ1v) is 7.86. The van der Waals surface area contributed by atoms with Gasteiger partial charge in [-0.25, -0.2) is 0 Å². The summed E-state index contributed by atoms with van der Waals surface area (Å²) >= 11 is 0. The van der Waals surface area contributed by atoms with Gasteiger partial charge in [-0.2, -0.15) is 0 Å². The summed E-state index contributed by atoms with van der Waals surface area (Å²) in [5.41, 5.74) is -0.111. The Morgan fingerprint density at radius 2 is 1.95 bits per heavy atom. The third-order valence-electron chi connectivity index (χ3n) is 5.18. The topological polar surface area (TPSA) is 80.7 Å². The van der Waals surface area contributed by atoms with E-state index >= 15 is 0 Å². The lowest BCUT2D eigenvalue weighted by atomic mass is 9.90. The van der Waals surface area contributed by atoms with Gasteiger partial charge in [-0.05, 0) is 31.6 Å². The highest BCUT2D eigenvalue weighted by molar-refractivity contribution is 5.68. The second-order valence-electron chi connectivity index (χ2n) is 6.36. The highest BCUT2D eigenvalue weighted by Crippen LogP contribution is 2.70. The SMILES string of the molecule is CC(=O)O[C@@H]1CC[C@@H]2[C@H](C=O)[C@@]21CCCCCCC(=O)O. The van der Waals surface area contributed by atoms with Crippen molar-refractivity contribution in [2.45, 2.75) is 64.4 Å². The highest BCUT2D eigenvalue weighted by atomic mass is 16.5. The number of carboxylic acid groups (broad SMARTS) is 1. The number of rotatable bonds is 9. The second-order valence-corrected chi connectivity index (χ2v) is 6.36. The monoisotopic (exact) mass is 296 g/mol. The van der Waals surface area contributed by atoms with Gasteiger partial charge in [0.2, 0.25) is 0 Å². The van der Waals surface area contributed by atoms with Crippen LogP contribution in [0.1, 0.15) is 58.3 Å². The molecule has 2 saturated carbocycles. The molecule has 0 heterocycles. The van der Waals surface area contributed by atoms with Crippen molar-refractivity contribution in [3.05, 3.63) is 0 Å². The van der Waals surface area contributed by atoms with Crippen LogP contribution >= 0.6 is 0 Å². The fourth-order valence-corrected chi connectivity index (χ4v) is 4.24. The van der Waals surface area contributed by atoms with Gasteiger partial charge in [-0.15, -0.1) is 0 Å². The number of carboxylic acids is 1. The molecule has 0 amide bonds. The van der Waals surface area contributed by atoms with Crippen molar-refractivity contribution in [3.63, 3.8) is 0 Å². The Kier molecular flexibility index (Phi) is 5.01. The van der Waals surface area contributed by atoms with Gasteiger partial charge in [-0.3, -0.25) is 9.59 Å². The van der Waals surface area contributed by atoms with Crippen molar-refractivity contribution in [1.29, 1.82) is 0 Å². The van der Waals surface area contributed by atoms with Gasteiger partial charge < -0.3 is 14.6 Å². The molecule has 0 aromatic carbocycles. The Bertz CT molecular complexity index is 419. The highest BCUT2D eigenvalue weighted by Gasteiger charge is 2.71. The molecule has 0 spiro atoms. The molecule has 5 heteroatoms. The Morgan fingerprint density at radius 1 is 1.24 bits per heavy atom. The van der Waals surface area contributed by atoms with Gasteiger partial charge in [-0.1, -0.05) is 19.3 Å². The van der Waals surface area contributed by atoms with E-state index in [1.807, 2.05) is 0 Å². The quantitative estimate of drug-likeness (QED) is 0.402. The normalized spacial score (nSPS) is 33.3. The molecular weight excluding hydrogens is 272 g/mol. The summed E-state index contributed by atoms with van der Waals surface area (Å²) in [6, 6.07) is 0. The van der Waals surface area contributed by atoms with Crippen molar-refractivity contribution in [2.24, 2.45) is 17.3 Å². The lowest BCUT2D eigenvalue weighted by molar-refractivity contribution is -0.150. The van der Waals surface area contributed by atoms with Crippen LogP contribution in [0.15, 0.2) is 0 Å². The maximum atomic E-state index is 11.2. The number of hydrogen-bond acceptors (Lipinski definition) is 4. The third kappa shape index (κ3) is 3.27. The molecule has 4 atom stereocenters. The van der Waals surface area contributed by atoms with E-state index in [1.54, 1.807) is 0 Å². The first-order chi connectivity index (χ1) is 10.0. The molecule has 5 nitrogen and oxygen atoms in total. The molecule has 21 heavy (non-hydrogen) atoms. The van der Waals surface area contributed by atoms with Crippen molar-refractivity contribution in [1.82, 2.24) is 0 Å². The lowest BCUT2D eigenvalue weighted by Crippen LogP contribution is -2.27. The Morgan fingerprint density at radius 3 is 2.52 bits per heavy atom. The first kappa shape index (κ1) is 16.0. The molecule has 0 aromatic rings. The summed E-state index contributed by atoms with van der Waals surface area (Å²) in [5, 5.41) is 8.59. The number of aliphatic carboxylic acids is 1. The Labute approximate surface area is 125 Å². The van der Waals surface area contributed by atoms with E-state index < -0.39 is 5.97 Å². The molecule has 0 radical (unpaired) electrons. The largest absolute Gasteiger partial charge is 0.481 e. The van der Waals surface area contributed by atoms with Crippen molar-refractivity contribution >= 4 is 18.2 Å². The number of unbranched alkanes of at least 4 members (excludes halogenated alkanes) is 3. The van der Waals surface area contributed by atoms with Gasteiger partial charge >= 0.3 is 11.9 Å². The van der Waals surface area contributed by atoms with Crippen LogP contribution < -0.4 is 0 Å². The number of fused-ring (bicyclic) bond motifs is 1. The van der Waals surface area contributed by atoms with E-state index in [0.717, 1.165) is 44.8 Å². The minimum Gasteiger partial charge on any atom is -0.481 e. The predicted octanol–water partition coefficient (Wildman–Crippen LogP) is 2.57. The number of esters is 1. The zero-order chi connectivity index (χ0) is 15.5. The molecule has 118 valence electrons. The number of ether oxygens (including phenoxy) is 1. The van der Waals surface area contributed by atoms with Gasteiger partial charge in [0.15, 0.2) is 0 Å². The molecule has 1 N–H and O–H groups in total.